The van der Waals surface area contributed by atoms with Crippen molar-refractivity contribution in [2.24, 2.45) is 5.73 Å². The highest BCUT2D eigenvalue weighted by atomic mass is 79.9. The summed E-state index contributed by atoms with van der Waals surface area (Å²) in [5, 5.41) is 17.5. The number of thiophene rings is 1. The second kappa shape index (κ2) is 5.45. The molecule has 0 aliphatic rings. The average Bonchev–Trinajstić information content (AvgIpc) is 2.74. The van der Waals surface area contributed by atoms with E-state index >= 15 is 0 Å². The summed E-state index contributed by atoms with van der Waals surface area (Å²) < 4.78 is 1.09. The lowest BCUT2D eigenvalue weighted by atomic mass is 10.2. The first-order valence-corrected chi connectivity index (χ1v) is 6.85. The van der Waals surface area contributed by atoms with Crippen LogP contribution < -0.4 is 10.6 Å². The van der Waals surface area contributed by atoms with E-state index in [4.69, 9.17) is 11.1 Å². The van der Waals surface area contributed by atoms with E-state index in [0.29, 0.717) is 17.9 Å². The molecular weight excluding hydrogens is 314 g/mol. The van der Waals surface area contributed by atoms with E-state index in [1.54, 1.807) is 17.4 Å². The summed E-state index contributed by atoms with van der Waals surface area (Å²) in [5.74, 6) is 0.616. The fraction of sp³-hybridized carbons (Fsp3) is 0.182. The van der Waals surface area contributed by atoms with Crippen LogP contribution in [-0.2, 0) is 6.54 Å². The number of rotatable bonds is 4. The summed E-state index contributed by atoms with van der Waals surface area (Å²) in [6.07, 6.45) is 1.54. The molecule has 0 spiro atoms. The number of amidine groups is 1. The number of halogens is 1. The molecule has 0 bridgehead atoms. The molecule has 18 heavy (non-hydrogen) atoms. The number of hydrogen-bond acceptors (Lipinski definition) is 5. The van der Waals surface area contributed by atoms with Crippen molar-refractivity contribution in [1.82, 2.24) is 10.2 Å². The summed E-state index contributed by atoms with van der Waals surface area (Å²) in [5.41, 5.74) is 7.31. The minimum absolute atomic E-state index is 0.00162. The van der Waals surface area contributed by atoms with Crippen LogP contribution in [0.25, 0.3) is 0 Å². The van der Waals surface area contributed by atoms with Gasteiger partial charge in [-0.15, -0.1) is 16.4 Å². The van der Waals surface area contributed by atoms with Gasteiger partial charge in [-0.3, -0.25) is 5.41 Å². The van der Waals surface area contributed by atoms with E-state index in [-0.39, 0.29) is 5.84 Å². The first kappa shape index (κ1) is 13.0. The molecule has 2 aromatic rings. The Morgan fingerprint density at radius 2 is 2.39 bits per heavy atom. The lowest BCUT2D eigenvalue weighted by Crippen LogP contribution is -2.23. The average molecular weight is 326 g/mol. The minimum Gasteiger partial charge on any atom is -0.384 e. The number of nitrogens with one attached hydrogen (secondary N) is 1. The first-order valence-electron chi connectivity index (χ1n) is 5.18. The third kappa shape index (κ3) is 2.85. The Hall–Kier alpha value is -1.47. The lowest BCUT2D eigenvalue weighted by Gasteiger charge is -2.19. The third-order valence-corrected chi connectivity index (χ3v) is 3.95. The van der Waals surface area contributed by atoms with Gasteiger partial charge in [0.2, 0.25) is 0 Å². The van der Waals surface area contributed by atoms with Crippen molar-refractivity contribution in [1.29, 1.82) is 5.41 Å². The maximum atomic E-state index is 7.53. The van der Waals surface area contributed by atoms with E-state index in [1.807, 2.05) is 11.9 Å². The number of anilines is 1. The Labute approximate surface area is 117 Å². The number of hydrogen-bond donors (Lipinski definition) is 2. The minimum atomic E-state index is -0.00162. The van der Waals surface area contributed by atoms with Gasteiger partial charge in [0.1, 0.15) is 5.84 Å². The van der Waals surface area contributed by atoms with Gasteiger partial charge in [-0.25, -0.2) is 0 Å². The number of nitrogen functional groups attached to an aromatic ring is 1. The van der Waals surface area contributed by atoms with Crippen molar-refractivity contribution in [3.63, 3.8) is 0 Å². The van der Waals surface area contributed by atoms with Crippen molar-refractivity contribution in [3.8, 4) is 0 Å². The van der Waals surface area contributed by atoms with Gasteiger partial charge in [-0.05, 0) is 39.0 Å². The van der Waals surface area contributed by atoms with E-state index in [1.165, 1.54) is 11.8 Å². The Morgan fingerprint density at radius 3 is 3.00 bits per heavy atom. The summed E-state index contributed by atoms with van der Waals surface area (Å²) in [6.45, 7) is 0.696. The Kier molecular flexibility index (Phi) is 3.93. The highest BCUT2D eigenvalue weighted by Gasteiger charge is 2.12. The highest BCUT2D eigenvalue weighted by molar-refractivity contribution is 9.11. The molecule has 0 aliphatic heterocycles. The maximum absolute atomic E-state index is 7.53. The normalized spacial score (nSPS) is 10.3. The second-order valence-electron chi connectivity index (χ2n) is 3.80. The molecule has 0 saturated carbocycles. The second-order valence-corrected chi connectivity index (χ2v) is 6.09. The van der Waals surface area contributed by atoms with Crippen molar-refractivity contribution in [2.45, 2.75) is 6.54 Å². The SMILES string of the molecule is CN(Cc1csc(Br)c1)c1nnccc1C(=N)N. The lowest BCUT2D eigenvalue weighted by molar-refractivity contribution is 0.865. The van der Waals surface area contributed by atoms with Gasteiger partial charge in [0, 0.05) is 13.6 Å². The Balaban J connectivity index is 2.23. The van der Waals surface area contributed by atoms with Gasteiger partial charge in [0.25, 0.3) is 0 Å². The van der Waals surface area contributed by atoms with Crippen molar-refractivity contribution in [2.75, 3.05) is 11.9 Å². The standard InChI is InChI=1S/C11H12BrN5S/c1-17(5-7-4-9(12)18-6-7)11-8(10(13)14)2-3-15-16-11/h2-4,6H,5H2,1H3,(H3,13,14). The zero-order valence-corrected chi connectivity index (χ0v) is 12.1. The molecule has 94 valence electrons. The summed E-state index contributed by atoms with van der Waals surface area (Å²) >= 11 is 5.07. The fourth-order valence-electron chi connectivity index (χ4n) is 1.59. The van der Waals surface area contributed by atoms with E-state index < -0.39 is 0 Å². The smallest absolute Gasteiger partial charge is 0.162 e. The largest absolute Gasteiger partial charge is 0.384 e. The monoisotopic (exact) mass is 325 g/mol. The molecule has 0 aromatic carbocycles. The molecule has 0 saturated heterocycles. The molecule has 0 aliphatic carbocycles. The molecule has 0 unspecified atom stereocenters. The van der Waals surface area contributed by atoms with Crippen LogP contribution in [0, 0.1) is 5.41 Å². The van der Waals surface area contributed by atoms with Crippen LogP contribution in [0.1, 0.15) is 11.1 Å². The van der Waals surface area contributed by atoms with Gasteiger partial charge in [-0.1, -0.05) is 0 Å². The molecule has 2 heterocycles. The van der Waals surface area contributed by atoms with Gasteiger partial charge >= 0.3 is 0 Å². The first-order chi connectivity index (χ1) is 8.58. The van der Waals surface area contributed by atoms with E-state index in [0.717, 1.165) is 3.79 Å². The third-order valence-electron chi connectivity index (χ3n) is 2.39. The Bertz CT molecular complexity index is 568. The van der Waals surface area contributed by atoms with Crippen LogP contribution in [-0.4, -0.2) is 23.1 Å². The van der Waals surface area contributed by atoms with Crippen LogP contribution >= 0.6 is 27.3 Å². The van der Waals surface area contributed by atoms with Crippen molar-refractivity contribution < 1.29 is 0 Å². The molecule has 3 N–H and O–H groups in total. The van der Waals surface area contributed by atoms with E-state index in [9.17, 15) is 0 Å². The summed E-state index contributed by atoms with van der Waals surface area (Å²) in [4.78, 5) is 1.93. The molecule has 0 amide bonds. The molecule has 2 aromatic heterocycles. The molecular formula is C11H12BrN5S. The molecule has 5 nitrogen and oxygen atoms in total. The molecule has 0 fully saturated rings. The molecule has 7 heteroatoms. The van der Waals surface area contributed by atoms with E-state index in [2.05, 4.69) is 37.6 Å². The number of nitrogens with two attached hydrogens (primary N) is 1. The molecule has 2 rings (SSSR count). The Morgan fingerprint density at radius 1 is 1.61 bits per heavy atom. The van der Waals surface area contributed by atoms with Gasteiger partial charge < -0.3 is 10.6 Å². The van der Waals surface area contributed by atoms with Crippen LogP contribution in [0.4, 0.5) is 5.82 Å². The van der Waals surface area contributed by atoms with Gasteiger partial charge in [0.15, 0.2) is 5.82 Å². The predicted octanol–water partition coefficient (Wildman–Crippen LogP) is 2.22. The summed E-state index contributed by atoms with van der Waals surface area (Å²) in [7, 11) is 1.90. The predicted molar refractivity (Wildman–Crippen MR) is 77.2 cm³/mol. The fourth-order valence-corrected chi connectivity index (χ4v) is 2.79. The van der Waals surface area contributed by atoms with Crippen molar-refractivity contribution in [3.05, 3.63) is 38.6 Å². The number of aromatic nitrogens is 2. The van der Waals surface area contributed by atoms with Gasteiger partial charge in [-0.2, -0.15) is 5.10 Å². The molecule has 0 radical (unpaired) electrons. The topological polar surface area (TPSA) is 78.9 Å². The molecule has 0 atom stereocenters. The number of nitrogens with zero attached hydrogens (tertiary/aromatic N) is 3. The zero-order chi connectivity index (χ0) is 13.1. The maximum Gasteiger partial charge on any atom is 0.162 e. The zero-order valence-electron chi connectivity index (χ0n) is 9.72. The van der Waals surface area contributed by atoms with Crippen LogP contribution in [0.15, 0.2) is 27.5 Å². The highest BCUT2D eigenvalue weighted by Crippen LogP contribution is 2.23. The van der Waals surface area contributed by atoms with Crippen LogP contribution in [0.3, 0.4) is 0 Å². The van der Waals surface area contributed by atoms with Crippen LogP contribution in [0.5, 0.6) is 0 Å². The van der Waals surface area contributed by atoms with Gasteiger partial charge in [0.05, 0.1) is 15.5 Å². The summed E-state index contributed by atoms with van der Waals surface area (Å²) in [6, 6.07) is 3.76. The van der Waals surface area contributed by atoms with Crippen molar-refractivity contribution >= 4 is 38.9 Å². The van der Waals surface area contributed by atoms with Crippen LogP contribution in [0.2, 0.25) is 0 Å². The quantitative estimate of drug-likeness (QED) is 0.667.